The summed E-state index contributed by atoms with van der Waals surface area (Å²) < 4.78 is 5.10. The van der Waals surface area contributed by atoms with Crippen LogP contribution in [-0.2, 0) is 4.79 Å². The molecule has 0 fully saturated rings. The van der Waals surface area contributed by atoms with Crippen molar-refractivity contribution in [1.29, 1.82) is 0 Å². The second-order valence-corrected chi connectivity index (χ2v) is 3.67. The van der Waals surface area contributed by atoms with Gasteiger partial charge in [-0.3, -0.25) is 4.79 Å². The molecule has 1 aromatic rings. The molecule has 0 N–H and O–H groups in total. The van der Waals surface area contributed by atoms with Gasteiger partial charge in [-0.05, 0) is 25.8 Å². The molecule has 0 amide bonds. The van der Waals surface area contributed by atoms with Crippen LogP contribution in [0.4, 0.5) is 0 Å². The minimum atomic E-state index is 0.320. The Morgan fingerprint density at radius 1 is 1.36 bits per heavy atom. The molecule has 1 aliphatic carbocycles. The topological polar surface area (TPSA) is 43.1 Å². The van der Waals surface area contributed by atoms with Crippen LogP contribution in [0.15, 0.2) is 10.6 Å². The molecule has 0 saturated heterocycles. The molecular formula is C11H13NO2. The van der Waals surface area contributed by atoms with E-state index in [9.17, 15) is 4.79 Å². The minimum Gasteiger partial charge on any atom is -0.361 e. The molecule has 0 atom stereocenters. The normalized spacial score (nSPS) is 17.0. The van der Waals surface area contributed by atoms with Crippen molar-refractivity contribution in [3.05, 3.63) is 23.1 Å². The second kappa shape index (κ2) is 3.40. The van der Waals surface area contributed by atoms with E-state index in [1.54, 1.807) is 0 Å². The van der Waals surface area contributed by atoms with E-state index in [4.69, 9.17) is 4.52 Å². The number of hydrogen-bond acceptors (Lipinski definition) is 3. The van der Waals surface area contributed by atoms with Crippen molar-refractivity contribution in [2.75, 3.05) is 0 Å². The highest BCUT2D eigenvalue weighted by Gasteiger charge is 2.17. The maximum Gasteiger partial charge on any atom is 0.141 e. The molecule has 0 aromatic carbocycles. The SMILES string of the molecule is Cc1noc(C)c1C1=CCC(=O)CC1. The summed E-state index contributed by atoms with van der Waals surface area (Å²) in [6.07, 6.45) is 4.02. The Bertz CT molecular complexity index is 382. The van der Waals surface area contributed by atoms with Crippen LogP contribution in [0.2, 0.25) is 0 Å². The molecule has 1 aromatic heterocycles. The van der Waals surface area contributed by atoms with Crippen molar-refractivity contribution in [3.8, 4) is 0 Å². The molecule has 3 nitrogen and oxygen atoms in total. The molecule has 0 unspecified atom stereocenters. The summed E-state index contributed by atoms with van der Waals surface area (Å²) in [7, 11) is 0. The van der Waals surface area contributed by atoms with Crippen molar-refractivity contribution >= 4 is 11.4 Å². The summed E-state index contributed by atoms with van der Waals surface area (Å²) in [5, 5.41) is 3.91. The van der Waals surface area contributed by atoms with Crippen LogP contribution in [0.1, 0.15) is 36.3 Å². The van der Waals surface area contributed by atoms with E-state index < -0.39 is 0 Å². The Hall–Kier alpha value is -1.38. The van der Waals surface area contributed by atoms with Gasteiger partial charge in [-0.1, -0.05) is 11.2 Å². The number of hydrogen-bond donors (Lipinski definition) is 0. The fraction of sp³-hybridized carbons (Fsp3) is 0.455. The number of aromatic nitrogens is 1. The zero-order valence-corrected chi connectivity index (χ0v) is 8.46. The third-order valence-electron chi connectivity index (χ3n) is 2.60. The van der Waals surface area contributed by atoms with Crippen LogP contribution < -0.4 is 0 Å². The van der Waals surface area contributed by atoms with Crippen molar-refractivity contribution in [2.24, 2.45) is 0 Å². The van der Waals surface area contributed by atoms with Gasteiger partial charge in [0.1, 0.15) is 11.5 Å². The number of carbonyl (C=O) groups excluding carboxylic acids is 1. The van der Waals surface area contributed by atoms with Crippen LogP contribution >= 0.6 is 0 Å². The molecule has 74 valence electrons. The van der Waals surface area contributed by atoms with E-state index in [1.807, 2.05) is 19.9 Å². The first-order valence-corrected chi connectivity index (χ1v) is 4.82. The Balaban J connectivity index is 2.36. The molecule has 14 heavy (non-hydrogen) atoms. The monoisotopic (exact) mass is 191 g/mol. The van der Waals surface area contributed by atoms with E-state index in [0.29, 0.717) is 18.6 Å². The molecule has 1 heterocycles. The number of nitrogens with zero attached hydrogens (tertiary/aromatic N) is 1. The maximum atomic E-state index is 11.1. The van der Waals surface area contributed by atoms with Gasteiger partial charge in [0, 0.05) is 18.4 Å². The van der Waals surface area contributed by atoms with Gasteiger partial charge in [-0.15, -0.1) is 0 Å². The molecule has 3 heteroatoms. The summed E-state index contributed by atoms with van der Waals surface area (Å²) in [4.78, 5) is 11.1. The van der Waals surface area contributed by atoms with Gasteiger partial charge in [0.2, 0.25) is 0 Å². The van der Waals surface area contributed by atoms with Gasteiger partial charge in [0.05, 0.1) is 5.69 Å². The average Bonchev–Trinajstić information content (AvgIpc) is 2.49. The summed E-state index contributed by atoms with van der Waals surface area (Å²) in [5.41, 5.74) is 3.22. The molecule has 0 saturated carbocycles. The van der Waals surface area contributed by atoms with E-state index in [1.165, 1.54) is 5.57 Å². The third-order valence-corrected chi connectivity index (χ3v) is 2.60. The van der Waals surface area contributed by atoms with Crippen LogP contribution in [0.25, 0.3) is 5.57 Å². The van der Waals surface area contributed by atoms with E-state index >= 15 is 0 Å². The predicted molar refractivity (Wildman–Crippen MR) is 52.8 cm³/mol. The number of carbonyl (C=O) groups is 1. The van der Waals surface area contributed by atoms with Gasteiger partial charge >= 0.3 is 0 Å². The van der Waals surface area contributed by atoms with Crippen LogP contribution in [0.5, 0.6) is 0 Å². The van der Waals surface area contributed by atoms with Crippen molar-refractivity contribution < 1.29 is 9.32 Å². The zero-order valence-electron chi connectivity index (χ0n) is 8.46. The van der Waals surface area contributed by atoms with Gasteiger partial charge < -0.3 is 4.52 Å². The summed E-state index contributed by atoms with van der Waals surface area (Å²) >= 11 is 0. The number of Topliss-reactive ketones (excluding diaryl/α,β-unsaturated/α-hetero) is 1. The highest BCUT2D eigenvalue weighted by molar-refractivity contribution is 5.87. The Morgan fingerprint density at radius 3 is 2.64 bits per heavy atom. The fourth-order valence-electron chi connectivity index (χ4n) is 1.88. The van der Waals surface area contributed by atoms with Crippen molar-refractivity contribution in [3.63, 3.8) is 0 Å². The molecule has 0 aliphatic heterocycles. The lowest BCUT2D eigenvalue weighted by Crippen LogP contribution is -2.03. The first-order valence-electron chi connectivity index (χ1n) is 4.82. The highest BCUT2D eigenvalue weighted by atomic mass is 16.5. The second-order valence-electron chi connectivity index (χ2n) is 3.67. The molecule has 0 spiro atoms. The quantitative estimate of drug-likeness (QED) is 0.684. The summed E-state index contributed by atoms with van der Waals surface area (Å²) in [6, 6.07) is 0. The average molecular weight is 191 g/mol. The van der Waals surface area contributed by atoms with Crippen LogP contribution in [0, 0.1) is 13.8 Å². The largest absolute Gasteiger partial charge is 0.361 e. The lowest BCUT2D eigenvalue weighted by atomic mass is 9.92. The van der Waals surface area contributed by atoms with Crippen molar-refractivity contribution in [2.45, 2.75) is 33.1 Å². The van der Waals surface area contributed by atoms with Gasteiger partial charge in [-0.25, -0.2) is 0 Å². The smallest absolute Gasteiger partial charge is 0.141 e. The molecule has 0 radical (unpaired) electrons. The molecule has 2 rings (SSSR count). The van der Waals surface area contributed by atoms with E-state index in [0.717, 1.165) is 23.4 Å². The molecule has 0 bridgehead atoms. The first-order chi connectivity index (χ1) is 6.68. The van der Waals surface area contributed by atoms with Gasteiger partial charge in [-0.2, -0.15) is 0 Å². The minimum absolute atomic E-state index is 0.320. The van der Waals surface area contributed by atoms with E-state index in [2.05, 4.69) is 5.16 Å². The Kier molecular flexibility index (Phi) is 2.23. The lowest BCUT2D eigenvalue weighted by Gasteiger charge is -2.11. The molecule has 1 aliphatic rings. The molecular weight excluding hydrogens is 178 g/mol. The van der Waals surface area contributed by atoms with Gasteiger partial charge in [0.25, 0.3) is 0 Å². The fourth-order valence-corrected chi connectivity index (χ4v) is 1.88. The Morgan fingerprint density at radius 2 is 2.14 bits per heavy atom. The van der Waals surface area contributed by atoms with Crippen LogP contribution in [-0.4, -0.2) is 10.9 Å². The number of ketones is 1. The zero-order chi connectivity index (χ0) is 10.1. The number of aryl methyl sites for hydroxylation is 2. The lowest BCUT2D eigenvalue weighted by molar-refractivity contribution is -0.118. The highest BCUT2D eigenvalue weighted by Crippen LogP contribution is 2.29. The summed E-state index contributed by atoms with van der Waals surface area (Å²) in [6.45, 7) is 3.84. The standard InChI is InChI=1S/C11H13NO2/c1-7-11(8(2)14-12-7)9-3-5-10(13)6-4-9/h3H,4-6H2,1-2H3. The third kappa shape index (κ3) is 1.50. The number of rotatable bonds is 1. The van der Waals surface area contributed by atoms with Crippen molar-refractivity contribution in [1.82, 2.24) is 5.16 Å². The first kappa shape index (κ1) is 9.19. The van der Waals surface area contributed by atoms with E-state index in [-0.39, 0.29) is 0 Å². The predicted octanol–water partition coefficient (Wildman–Crippen LogP) is 2.43. The summed E-state index contributed by atoms with van der Waals surface area (Å²) in [5.74, 6) is 1.17. The van der Waals surface area contributed by atoms with Crippen LogP contribution in [0.3, 0.4) is 0 Å². The Labute approximate surface area is 82.8 Å². The number of allylic oxidation sites excluding steroid dienone is 2. The van der Waals surface area contributed by atoms with Gasteiger partial charge in [0.15, 0.2) is 0 Å². The maximum absolute atomic E-state index is 11.1.